The highest BCUT2D eigenvalue weighted by Gasteiger charge is 2.16. The third-order valence-corrected chi connectivity index (χ3v) is 2.11. The quantitative estimate of drug-likeness (QED) is 0.645. The van der Waals surface area contributed by atoms with E-state index in [0.717, 1.165) is 12.1 Å². The number of carboxylic acids is 1. The van der Waals surface area contributed by atoms with Crippen LogP contribution in [0.15, 0.2) is 12.1 Å². The first-order chi connectivity index (χ1) is 8.91. The fourth-order valence-corrected chi connectivity index (χ4v) is 1.32. The molecule has 0 aliphatic heterocycles. The zero-order valence-electron chi connectivity index (χ0n) is 10.1. The van der Waals surface area contributed by atoms with Crippen LogP contribution in [0.5, 0.6) is 0 Å². The second-order valence-electron chi connectivity index (χ2n) is 3.65. The van der Waals surface area contributed by atoms with Gasteiger partial charge < -0.3 is 10.4 Å². The summed E-state index contributed by atoms with van der Waals surface area (Å²) in [6.45, 7) is 1.70. The predicted molar refractivity (Wildman–Crippen MR) is 63.5 cm³/mol. The molecule has 2 N–H and O–H groups in total. The fourth-order valence-electron chi connectivity index (χ4n) is 1.32. The minimum atomic E-state index is -1.67. The Balaban J connectivity index is 2.79. The Bertz CT molecular complexity index is 550. The fraction of sp³-hybridized carbons (Fsp3) is 0.231. The van der Waals surface area contributed by atoms with Gasteiger partial charge in [-0.3, -0.25) is 4.79 Å². The maximum absolute atomic E-state index is 13.3. The summed E-state index contributed by atoms with van der Waals surface area (Å²) >= 11 is 0. The van der Waals surface area contributed by atoms with Crippen LogP contribution in [0.2, 0.25) is 0 Å². The van der Waals surface area contributed by atoms with E-state index in [0.29, 0.717) is 13.0 Å². The summed E-state index contributed by atoms with van der Waals surface area (Å²) in [5, 5.41) is 11.1. The lowest BCUT2D eigenvalue weighted by Crippen LogP contribution is -2.20. The average molecular weight is 267 g/mol. The number of halogens is 2. The molecule has 0 aromatic heterocycles. The van der Waals surface area contributed by atoms with E-state index in [1.807, 2.05) is 0 Å². The zero-order chi connectivity index (χ0) is 14.4. The molecule has 0 aliphatic carbocycles. The second-order valence-corrected chi connectivity index (χ2v) is 3.65. The summed E-state index contributed by atoms with van der Waals surface area (Å²) in [4.78, 5) is 21.1. The molecule has 0 saturated carbocycles. The Morgan fingerprint density at radius 1 is 1.32 bits per heavy atom. The van der Waals surface area contributed by atoms with Gasteiger partial charge in [0.25, 0.3) is 0 Å². The van der Waals surface area contributed by atoms with Crippen molar-refractivity contribution >= 4 is 11.9 Å². The number of carboxylic acid groups (broad SMARTS) is 1. The lowest BCUT2D eigenvalue weighted by atomic mass is 10.1. The van der Waals surface area contributed by atoms with Crippen molar-refractivity contribution in [3.05, 3.63) is 34.9 Å². The Morgan fingerprint density at radius 2 is 1.89 bits per heavy atom. The monoisotopic (exact) mass is 267 g/mol. The van der Waals surface area contributed by atoms with Gasteiger partial charge in [-0.25, -0.2) is 13.6 Å². The van der Waals surface area contributed by atoms with Gasteiger partial charge >= 0.3 is 5.97 Å². The van der Waals surface area contributed by atoms with Crippen molar-refractivity contribution < 1.29 is 23.5 Å². The van der Waals surface area contributed by atoms with E-state index >= 15 is 0 Å². The minimum Gasteiger partial charge on any atom is -0.477 e. The van der Waals surface area contributed by atoms with Gasteiger partial charge in [-0.05, 0) is 12.1 Å². The van der Waals surface area contributed by atoms with E-state index in [-0.39, 0.29) is 11.5 Å². The second kappa shape index (κ2) is 6.50. The normalized spacial score (nSPS) is 9.42. The molecule has 0 radical (unpaired) electrons. The summed E-state index contributed by atoms with van der Waals surface area (Å²) in [5.74, 6) is 0.914. The number of benzene rings is 1. The lowest BCUT2D eigenvalue weighted by Gasteiger charge is -2.00. The molecule has 0 atom stereocenters. The number of carbonyl (C=O) groups excluding carboxylic acids is 1. The highest BCUT2D eigenvalue weighted by molar-refractivity contribution is 5.88. The highest BCUT2D eigenvalue weighted by Crippen LogP contribution is 2.14. The first kappa shape index (κ1) is 14.6. The van der Waals surface area contributed by atoms with Crippen LogP contribution in [0.3, 0.4) is 0 Å². The van der Waals surface area contributed by atoms with E-state index in [9.17, 15) is 18.4 Å². The largest absolute Gasteiger partial charge is 0.477 e. The maximum Gasteiger partial charge on any atom is 0.341 e. The van der Waals surface area contributed by atoms with Gasteiger partial charge in [0.05, 0.1) is 0 Å². The van der Waals surface area contributed by atoms with Crippen molar-refractivity contribution in [1.29, 1.82) is 0 Å². The van der Waals surface area contributed by atoms with Crippen molar-refractivity contribution in [2.24, 2.45) is 0 Å². The van der Waals surface area contributed by atoms with Crippen LogP contribution < -0.4 is 5.32 Å². The molecule has 1 amide bonds. The van der Waals surface area contributed by atoms with Crippen molar-refractivity contribution in [3.8, 4) is 11.8 Å². The van der Waals surface area contributed by atoms with Crippen LogP contribution in [0, 0.1) is 23.5 Å². The van der Waals surface area contributed by atoms with E-state index in [1.54, 1.807) is 0 Å². The molecular weight excluding hydrogens is 256 g/mol. The van der Waals surface area contributed by atoms with Gasteiger partial charge in [-0.2, -0.15) is 0 Å². The van der Waals surface area contributed by atoms with Gasteiger partial charge in [-0.1, -0.05) is 11.8 Å². The van der Waals surface area contributed by atoms with Crippen molar-refractivity contribution in [2.75, 3.05) is 6.54 Å². The molecule has 0 saturated heterocycles. The van der Waals surface area contributed by atoms with Crippen LogP contribution in [-0.4, -0.2) is 23.5 Å². The number of carbonyl (C=O) groups is 2. The van der Waals surface area contributed by atoms with Crippen molar-refractivity contribution in [1.82, 2.24) is 5.32 Å². The molecule has 6 heteroatoms. The van der Waals surface area contributed by atoms with Crippen LogP contribution in [0.25, 0.3) is 0 Å². The highest BCUT2D eigenvalue weighted by atomic mass is 19.1. The van der Waals surface area contributed by atoms with E-state index in [4.69, 9.17) is 5.11 Å². The number of hydrogen-bond acceptors (Lipinski definition) is 2. The first-order valence-corrected chi connectivity index (χ1v) is 5.37. The van der Waals surface area contributed by atoms with Crippen LogP contribution in [0.1, 0.15) is 29.3 Å². The molecule has 0 heterocycles. The van der Waals surface area contributed by atoms with Crippen LogP contribution in [-0.2, 0) is 4.79 Å². The number of rotatable bonds is 3. The molecule has 1 aromatic carbocycles. The molecule has 0 spiro atoms. The predicted octanol–water partition coefficient (Wildman–Crippen LogP) is 1.54. The topological polar surface area (TPSA) is 66.4 Å². The van der Waals surface area contributed by atoms with Gasteiger partial charge in [0, 0.05) is 25.5 Å². The summed E-state index contributed by atoms with van der Waals surface area (Å²) in [5.41, 5.74) is -0.952. The van der Waals surface area contributed by atoms with Crippen LogP contribution >= 0.6 is 0 Å². The molecular formula is C13H11F2NO3. The lowest BCUT2D eigenvalue weighted by molar-refractivity contribution is -0.118. The Morgan fingerprint density at radius 3 is 2.37 bits per heavy atom. The Labute approximate surface area is 108 Å². The average Bonchev–Trinajstić information content (AvgIpc) is 2.26. The minimum absolute atomic E-state index is 0.0443. The van der Waals surface area contributed by atoms with Gasteiger partial charge in [0.1, 0.15) is 17.2 Å². The molecule has 4 nitrogen and oxygen atoms in total. The standard InChI is InChI=1S/C13H11F2NO3/c1-8(17)16-5-3-2-4-9-6-10(14)12(13(18)19)11(15)7-9/h6-7H,3,5H2,1H3,(H,16,17)(H,18,19). The number of amides is 1. The molecule has 0 fully saturated rings. The zero-order valence-corrected chi connectivity index (χ0v) is 10.1. The first-order valence-electron chi connectivity index (χ1n) is 5.37. The molecule has 19 heavy (non-hydrogen) atoms. The van der Waals surface area contributed by atoms with E-state index in [1.165, 1.54) is 6.92 Å². The summed E-state index contributed by atoms with van der Waals surface area (Å²) in [7, 11) is 0. The summed E-state index contributed by atoms with van der Waals surface area (Å²) < 4.78 is 26.6. The third-order valence-electron chi connectivity index (χ3n) is 2.11. The molecule has 100 valence electrons. The smallest absolute Gasteiger partial charge is 0.341 e. The maximum atomic E-state index is 13.3. The summed E-state index contributed by atoms with van der Waals surface area (Å²) in [6.07, 6.45) is 0.323. The van der Waals surface area contributed by atoms with Crippen molar-refractivity contribution in [3.63, 3.8) is 0 Å². The molecule has 0 aliphatic rings. The molecule has 1 aromatic rings. The van der Waals surface area contributed by atoms with E-state index < -0.39 is 23.2 Å². The van der Waals surface area contributed by atoms with Gasteiger partial charge in [0.2, 0.25) is 5.91 Å². The third kappa shape index (κ3) is 4.39. The van der Waals surface area contributed by atoms with Gasteiger partial charge in [0.15, 0.2) is 0 Å². The molecule has 0 unspecified atom stereocenters. The number of hydrogen-bond donors (Lipinski definition) is 2. The van der Waals surface area contributed by atoms with E-state index in [2.05, 4.69) is 17.2 Å². The van der Waals surface area contributed by atoms with Crippen molar-refractivity contribution in [2.45, 2.75) is 13.3 Å². The molecule has 0 bridgehead atoms. The summed E-state index contributed by atoms with van der Waals surface area (Å²) in [6, 6.07) is 1.72. The Kier molecular flexibility index (Phi) is 5.01. The molecule has 1 rings (SSSR count). The van der Waals surface area contributed by atoms with Gasteiger partial charge in [-0.15, -0.1) is 0 Å². The Hall–Kier alpha value is -2.42. The number of aromatic carboxylic acids is 1. The number of nitrogens with one attached hydrogen (secondary N) is 1. The van der Waals surface area contributed by atoms with Crippen LogP contribution in [0.4, 0.5) is 8.78 Å². The SMILES string of the molecule is CC(=O)NCCC#Cc1cc(F)c(C(=O)O)c(F)c1.